The third kappa shape index (κ3) is 6.77. The fourth-order valence-corrected chi connectivity index (χ4v) is 1.83. The second-order valence-corrected chi connectivity index (χ2v) is 8.44. The second-order valence-electron chi connectivity index (χ2n) is 4.89. The first kappa shape index (κ1) is 16.3. The van der Waals surface area contributed by atoms with Crippen LogP contribution < -0.4 is 5.32 Å². The summed E-state index contributed by atoms with van der Waals surface area (Å²) in [6.45, 7) is 10.9. The van der Waals surface area contributed by atoms with E-state index in [4.69, 9.17) is 9.26 Å². The van der Waals surface area contributed by atoms with E-state index in [2.05, 4.69) is 5.32 Å². The van der Waals surface area contributed by atoms with Crippen molar-refractivity contribution >= 4 is 7.72 Å². The number of ether oxygens (including phenoxy) is 1. The van der Waals surface area contributed by atoms with Crippen LogP contribution in [0.1, 0.15) is 27.7 Å². The fourth-order valence-electron chi connectivity index (χ4n) is 0.959. The van der Waals surface area contributed by atoms with Gasteiger partial charge in [-0.3, -0.25) is 0 Å². The molecular weight excluding hydrogens is 225 g/mol. The Morgan fingerprint density at radius 3 is 2.12 bits per heavy atom. The fraction of sp³-hybridized carbons (Fsp3) is 1.00. The van der Waals surface area contributed by atoms with Crippen molar-refractivity contribution in [3.8, 4) is 0 Å². The summed E-state index contributed by atoms with van der Waals surface area (Å²) in [5.74, 6) is 0. The summed E-state index contributed by atoms with van der Waals surface area (Å²) >= 11 is 0. The predicted octanol–water partition coefficient (Wildman–Crippen LogP) is 1.63. The summed E-state index contributed by atoms with van der Waals surface area (Å²) < 4.78 is 11.1. The van der Waals surface area contributed by atoms with E-state index >= 15 is 0 Å². The molecule has 0 aliphatic carbocycles. The second kappa shape index (κ2) is 7.57. The van der Waals surface area contributed by atoms with Crippen molar-refractivity contribution in [3.63, 3.8) is 0 Å². The Hall–Kier alpha value is 0.270. The molecule has 0 aromatic carbocycles. The van der Waals surface area contributed by atoms with Gasteiger partial charge in [0.2, 0.25) is 0 Å². The Kier molecular flexibility index (Phi) is 7.70. The summed E-state index contributed by atoms with van der Waals surface area (Å²) in [6, 6.07) is 0.139. The maximum atomic E-state index is 10.1. The standard InChI is InChI=1S/C11H28NO3P/c1-9(2)14-7-11(12-5)8-15-16(6,13)10(3)4/h9-13,16H,7-8H2,1-6H3. The van der Waals surface area contributed by atoms with Crippen molar-refractivity contribution in [3.05, 3.63) is 0 Å². The van der Waals surface area contributed by atoms with Crippen molar-refractivity contribution in [2.75, 3.05) is 26.9 Å². The van der Waals surface area contributed by atoms with Gasteiger partial charge in [-0.25, -0.2) is 0 Å². The average molecular weight is 253 g/mol. The summed E-state index contributed by atoms with van der Waals surface area (Å²) in [6.07, 6.45) is 0.221. The van der Waals surface area contributed by atoms with Crippen LogP contribution in [0.5, 0.6) is 0 Å². The molecule has 0 aliphatic heterocycles. The third-order valence-electron chi connectivity index (χ3n) is 2.69. The Morgan fingerprint density at radius 2 is 1.75 bits per heavy atom. The van der Waals surface area contributed by atoms with Crippen molar-refractivity contribution in [1.29, 1.82) is 0 Å². The molecule has 4 nitrogen and oxygen atoms in total. The van der Waals surface area contributed by atoms with Gasteiger partial charge in [0.25, 0.3) is 0 Å². The molecule has 0 saturated heterocycles. The van der Waals surface area contributed by atoms with Gasteiger partial charge in [0.05, 0.1) is 0 Å². The van der Waals surface area contributed by atoms with Gasteiger partial charge in [-0.05, 0) is 0 Å². The zero-order valence-corrected chi connectivity index (χ0v) is 12.4. The molecule has 0 saturated carbocycles. The van der Waals surface area contributed by atoms with E-state index in [1.807, 2.05) is 41.4 Å². The van der Waals surface area contributed by atoms with E-state index in [0.717, 1.165) is 0 Å². The van der Waals surface area contributed by atoms with E-state index in [9.17, 15) is 4.89 Å². The molecule has 0 amide bonds. The van der Waals surface area contributed by atoms with Crippen molar-refractivity contribution in [2.45, 2.75) is 45.5 Å². The minimum absolute atomic E-state index is 0.139. The topological polar surface area (TPSA) is 50.7 Å². The molecule has 0 bridgehead atoms. The van der Waals surface area contributed by atoms with Crippen molar-refractivity contribution in [1.82, 2.24) is 5.32 Å². The number of nitrogens with one attached hydrogen (secondary N) is 1. The molecule has 0 rings (SSSR count). The normalized spacial score (nSPS) is 15.8. The average Bonchev–Trinajstić information content (AvgIpc) is 2.17. The Morgan fingerprint density at radius 1 is 1.19 bits per heavy atom. The Bertz CT molecular complexity index is 186. The number of hydrogen-bond donors (Lipinski definition) is 2. The molecule has 0 radical (unpaired) electrons. The van der Waals surface area contributed by atoms with Gasteiger partial charge >= 0.3 is 99.6 Å². The van der Waals surface area contributed by atoms with E-state index in [1.54, 1.807) is 0 Å². The quantitative estimate of drug-likeness (QED) is 0.646. The van der Waals surface area contributed by atoms with Gasteiger partial charge in [0.15, 0.2) is 0 Å². The van der Waals surface area contributed by atoms with Crippen LogP contribution in [0.2, 0.25) is 0 Å². The van der Waals surface area contributed by atoms with Crippen LogP contribution in [0.3, 0.4) is 0 Å². The predicted molar refractivity (Wildman–Crippen MR) is 71.5 cm³/mol. The number of hydrogen-bond acceptors (Lipinski definition) is 4. The van der Waals surface area contributed by atoms with Crippen LogP contribution >= 0.6 is 7.72 Å². The zero-order chi connectivity index (χ0) is 12.8. The van der Waals surface area contributed by atoms with Gasteiger partial charge in [0.1, 0.15) is 0 Å². The van der Waals surface area contributed by atoms with Crippen LogP contribution in [0, 0.1) is 0 Å². The zero-order valence-electron chi connectivity index (χ0n) is 11.4. The maximum absolute atomic E-state index is 10.1. The molecule has 5 heteroatoms. The summed E-state index contributed by atoms with van der Waals surface area (Å²) in [4.78, 5) is 10.1. The summed E-state index contributed by atoms with van der Waals surface area (Å²) in [7, 11) is -0.633. The van der Waals surface area contributed by atoms with Gasteiger partial charge in [-0.15, -0.1) is 0 Å². The van der Waals surface area contributed by atoms with Gasteiger partial charge < -0.3 is 0 Å². The van der Waals surface area contributed by atoms with Gasteiger partial charge in [-0.1, -0.05) is 0 Å². The van der Waals surface area contributed by atoms with Crippen LogP contribution in [-0.2, 0) is 9.26 Å². The summed E-state index contributed by atoms with van der Waals surface area (Å²) in [5.41, 5.74) is 0.205. The molecule has 0 heterocycles. The number of rotatable bonds is 8. The first-order valence-corrected chi connectivity index (χ1v) is 8.38. The minimum atomic E-state index is -2.51. The third-order valence-corrected chi connectivity index (χ3v) is 5.58. The van der Waals surface area contributed by atoms with Gasteiger partial charge in [-0.2, -0.15) is 0 Å². The molecule has 0 fully saturated rings. The Labute approximate surface area is 100 Å². The molecule has 0 aromatic rings. The first-order chi connectivity index (χ1) is 7.29. The molecular formula is C11H28NO3P. The van der Waals surface area contributed by atoms with Crippen molar-refractivity contribution < 1.29 is 14.2 Å². The Balaban J connectivity index is 3.95. The summed E-state index contributed by atoms with van der Waals surface area (Å²) in [5, 5.41) is 3.13. The molecule has 0 aromatic heterocycles. The molecule has 100 valence electrons. The molecule has 0 spiro atoms. The molecule has 1 atom stereocenters. The van der Waals surface area contributed by atoms with E-state index < -0.39 is 7.72 Å². The van der Waals surface area contributed by atoms with Crippen LogP contribution in [0.25, 0.3) is 0 Å². The van der Waals surface area contributed by atoms with Crippen molar-refractivity contribution in [2.24, 2.45) is 0 Å². The molecule has 0 aliphatic rings. The van der Waals surface area contributed by atoms with Crippen LogP contribution in [0.4, 0.5) is 0 Å². The first-order valence-electron chi connectivity index (χ1n) is 5.94. The SMILES string of the molecule is CNC(COC(C)C)CO[PH](C)(O)C(C)C. The molecule has 2 N–H and O–H groups in total. The molecule has 16 heavy (non-hydrogen) atoms. The van der Waals surface area contributed by atoms with E-state index in [-0.39, 0.29) is 17.8 Å². The van der Waals surface area contributed by atoms with Crippen LogP contribution in [0.15, 0.2) is 0 Å². The number of likely N-dealkylation sites (N-methyl/N-ethyl adjacent to an activating group) is 1. The van der Waals surface area contributed by atoms with E-state index in [0.29, 0.717) is 13.2 Å². The van der Waals surface area contributed by atoms with Gasteiger partial charge in [0, 0.05) is 0 Å². The van der Waals surface area contributed by atoms with Crippen LogP contribution in [-0.4, -0.2) is 49.6 Å². The molecule has 1 unspecified atom stereocenters. The monoisotopic (exact) mass is 253 g/mol. The van der Waals surface area contributed by atoms with E-state index in [1.165, 1.54) is 0 Å².